The lowest BCUT2D eigenvalue weighted by atomic mass is 10.3. The van der Waals surface area contributed by atoms with Crippen molar-refractivity contribution in [3.63, 3.8) is 0 Å². The van der Waals surface area contributed by atoms with Gasteiger partial charge in [0.05, 0.1) is 19.5 Å². The zero-order chi connectivity index (χ0) is 18.6. The van der Waals surface area contributed by atoms with Gasteiger partial charge in [0.25, 0.3) is 5.56 Å². The van der Waals surface area contributed by atoms with Gasteiger partial charge in [0.2, 0.25) is 5.95 Å². The third-order valence-electron chi connectivity index (χ3n) is 3.08. The topological polar surface area (TPSA) is 186 Å². The predicted octanol–water partition coefficient (Wildman–Crippen LogP) is -1.08. The molecule has 0 bridgehead atoms. The second kappa shape index (κ2) is 7.87. The first-order chi connectivity index (χ1) is 11.7. The van der Waals surface area contributed by atoms with Crippen LogP contribution in [0.5, 0.6) is 0 Å². The van der Waals surface area contributed by atoms with Crippen LogP contribution in [0.4, 0.5) is 5.95 Å². The Morgan fingerprint density at radius 2 is 2.24 bits per heavy atom. The van der Waals surface area contributed by atoms with E-state index in [0.29, 0.717) is 5.82 Å². The van der Waals surface area contributed by atoms with E-state index in [9.17, 15) is 14.5 Å². The average Bonchev–Trinajstić information content (AvgIpc) is 2.93. The zero-order valence-electron chi connectivity index (χ0n) is 13.1. The van der Waals surface area contributed by atoms with Crippen LogP contribution in [0.15, 0.2) is 23.0 Å². The van der Waals surface area contributed by atoms with Crippen molar-refractivity contribution in [2.24, 2.45) is 0 Å². The van der Waals surface area contributed by atoms with E-state index < -0.39 is 32.1 Å². The van der Waals surface area contributed by atoms with Crippen molar-refractivity contribution in [3.05, 3.63) is 28.6 Å². The third-order valence-corrected chi connectivity index (χ3v) is 3.64. The van der Waals surface area contributed by atoms with E-state index in [2.05, 4.69) is 15.0 Å². The Hall–Kier alpha value is -2.08. The number of fused-ring (bicyclic) bond motifs is 1. The lowest BCUT2D eigenvalue weighted by molar-refractivity contribution is -0.0836. The number of ether oxygens (including phenoxy) is 2. The molecule has 6 N–H and O–H groups in total. The van der Waals surface area contributed by atoms with Gasteiger partial charge >= 0.3 is 7.60 Å². The van der Waals surface area contributed by atoms with Crippen LogP contribution in [0.1, 0.15) is 6.23 Å². The summed E-state index contributed by atoms with van der Waals surface area (Å²) in [6.45, 7) is -0.556. The lowest BCUT2D eigenvalue weighted by Gasteiger charge is -2.22. The molecule has 25 heavy (non-hydrogen) atoms. The average molecular weight is 375 g/mol. The molecule has 0 saturated carbocycles. The van der Waals surface area contributed by atoms with Gasteiger partial charge in [-0.2, -0.15) is 4.98 Å². The minimum absolute atomic E-state index is 0.0138. The summed E-state index contributed by atoms with van der Waals surface area (Å²) in [5, 5.41) is 9.35. The number of aliphatic hydroxyl groups excluding tert-OH is 1. The minimum Gasteiger partial charge on any atom is -0.393 e. The first-order valence-corrected chi connectivity index (χ1v) is 8.65. The van der Waals surface area contributed by atoms with Gasteiger partial charge in [-0.3, -0.25) is 18.9 Å². The van der Waals surface area contributed by atoms with E-state index in [4.69, 9.17) is 25.0 Å². The maximum absolute atomic E-state index is 11.8. The molecule has 2 aromatic heterocycles. The number of nitrogens with zero attached hydrogens (tertiary/aromatic N) is 3. The van der Waals surface area contributed by atoms with Crippen LogP contribution in [0.25, 0.3) is 11.2 Å². The Morgan fingerprint density at radius 1 is 1.52 bits per heavy atom. The van der Waals surface area contributed by atoms with Crippen molar-refractivity contribution in [3.8, 4) is 0 Å². The van der Waals surface area contributed by atoms with E-state index in [1.165, 1.54) is 18.0 Å². The fraction of sp³-hybridized carbons (Fsp3) is 0.417. The molecule has 138 valence electrons. The van der Waals surface area contributed by atoms with Crippen LogP contribution in [-0.4, -0.2) is 60.8 Å². The van der Waals surface area contributed by atoms with Crippen LogP contribution in [0.2, 0.25) is 0 Å². The molecule has 0 spiro atoms. The normalized spacial score (nSPS) is 15.0. The molecule has 0 aromatic carbocycles. The summed E-state index contributed by atoms with van der Waals surface area (Å²) in [6.07, 6.45) is 0.403. The molecule has 13 heteroatoms. The molecule has 2 heterocycles. The van der Waals surface area contributed by atoms with E-state index in [0.717, 1.165) is 6.08 Å². The Bertz CT molecular complexity index is 857. The largest absolute Gasteiger partial charge is 0.393 e. The fourth-order valence-electron chi connectivity index (χ4n) is 2.04. The van der Waals surface area contributed by atoms with Gasteiger partial charge in [-0.05, 0) is 6.08 Å². The van der Waals surface area contributed by atoms with E-state index in [1.54, 1.807) is 0 Å². The van der Waals surface area contributed by atoms with E-state index in [1.807, 2.05) is 0 Å². The molecule has 0 aliphatic rings. The second-order valence-corrected chi connectivity index (χ2v) is 6.45. The number of H-pyrrole nitrogens is 1. The highest BCUT2D eigenvalue weighted by atomic mass is 31.2. The number of rotatable bonds is 8. The van der Waals surface area contributed by atoms with Gasteiger partial charge in [-0.15, -0.1) is 0 Å². The van der Waals surface area contributed by atoms with Crippen molar-refractivity contribution in [1.29, 1.82) is 0 Å². The smallest absolute Gasteiger partial charge is 0.348 e. The number of nitrogens with one attached hydrogen (secondary N) is 1. The minimum atomic E-state index is -4.40. The van der Waals surface area contributed by atoms with E-state index in [-0.39, 0.29) is 23.7 Å². The highest BCUT2D eigenvalue weighted by Gasteiger charge is 2.21. The molecule has 2 rings (SSSR count). The predicted molar refractivity (Wildman–Crippen MR) is 86.6 cm³/mol. The number of methoxy groups -OCH3 is 1. The molecule has 0 unspecified atom stereocenters. The molecule has 0 saturated heterocycles. The zero-order valence-corrected chi connectivity index (χ0v) is 14.0. The molecule has 12 nitrogen and oxygen atoms in total. The molecular weight excluding hydrogens is 357 g/mol. The monoisotopic (exact) mass is 375 g/mol. The molecule has 0 fully saturated rings. The van der Waals surface area contributed by atoms with Gasteiger partial charge < -0.3 is 30.1 Å². The quantitative estimate of drug-likeness (QED) is 0.355. The number of hydrogen-bond donors (Lipinski definition) is 5. The van der Waals surface area contributed by atoms with Gasteiger partial charge in [-0.25, -0.2) is 4.98 Å². The first-order valence-electron chi connectivity index (χ1n) is 6.97. The second-order valence-electron chi connectivity index (χ2n) is 4.97. The SMILES string of the molecule is COC[C@@H](O[C@H](/C=C/P(=O)(O)O)CO)n1cnc2c(=O)[nH]c(N)nc21. The van der Waals surface area contributed by atoms with Crippen LogP contribution in [0, 0.1) is 0 Å². The summed E-state index contributed by atoms with van der Waals surface area (Å²) < 4.78 is 22.9. The van der Waals surface area contributed by atoms with Gasteiger partial charge in [0.15, 0.2) is 17.4 Å². The first kappa shape index (κ1) is 19.2. The maximum Gasteiger partial charge on any atom is 0.348 e. The van der Waals surface area contributed by atoms with Crippen LogP contribution in [0.3, 0.4) is 0 Å². The van der Waals surface area contributed by atoms with Crippen LogP contribution in [-0.2, 0) is 14.0 Å². The van der Waals surface area contributed by atoms with Gasteiger partial charge in [0.1, 0.15) is 6.10 Å². The summed E-state index contributed by atoms with van der Waals surface area (Å²) in [5.41, 5.74) is 5.17. The number of aliphatic hydroxyl groups is 1. The summed E-state index contributed by atoms with van der Waals surface area (Å²) in [6, 6.07) is 0. The molecule has 2 aromatic rings. The Kier molecular flexibility index (Phi) is 6.06. The number of nitrogens with two attached hydrogens (primary N) is 1. The molecule has 0 radical (unpaired) electrons. The van der Waals surface area contributed by atoms with Gasteiger partial charge in [-0.1, -0.05) is 0 Å². The number of hydrogen-bond acceptors (Lipinski definition) is 8. The third kappa shape index (κ3) is 4.95. The maximum atomic E-state index is 11.8. The highest BCUT2D eigenvalue weighted by Crippen LogP contribution is 2.36. The Morgan fingerprint density at radius 3 is 2.84 bits per heavy atom. The summed E-state index contributed by atoms with van der Waals surface area (Å²) in [7, 11) is -2.99. The fourth-order valence-corrected chi connectivity index (χ4v) is 2.46. The van der Waals surface area contributed by atoms with Gasteiger partial charge in [0, 0.05) is 12.9 Å². The highest BCUT2D eigenvalue weighted by molar-refractivity contribution is 7.55. The Labute approximate surface area is 141 Å². The number of aromatic amines is 1. The molecule has 0 amide bonds. The Balaban J connectivity index is 2.36. The summed E-state index contributed by atoms with van der Waals surface area (Å²) in [4.78, 5) is 39.8. The van der Waals surface area contributed by atoms with Crippen molar-refractivity contribution in [2.45, 2.75) is 12.3 Å². The molecule has 2 atom stereocenters. The summed E-state index contributed by atoms with van der Waals surface area (Å²) in [5.74, 6) is 0.514. The number of aromatic nitrogens is 4. The molecule has 0 aliphatic carbocycles. The van der Waals surface area contributed by atoms with E-state index >= 15 is 0 Å². The number of imidazole rings is 1. The summed E-state index contributed by atoms with van der Waals surface area (Å²) >= 11 is 0. The van der Waals surface area contributed by atoms with Crippen molar-refractivity contribution in [2.75, 3.05) is 26.1 Å². The standard InChI is InChI=1S/C12H18N5O7P/c1-23-5-8(24-7(4-18)2-3-25(20,21)22)17-6-14-9-10(17)15-12(13)16-11(9)19/h2-3,6-8,18H,4-5H2,1H3,(H2,20,21,22)(H3,13,15,16,19)/b3-2+/t7-,8-/m1/s1. The van der Waals surface area contributed by atoms with Crippen LogP contribution < -0.4 is 11.3 Å². The van der Waals surface area contributed by atoms with Crippen molar-refractivity contribution >= 4 is 24.7 Å². The number of anilines is 1. The van der Waals surface area contributed by atoms with Crippen LogP contribution >= 0.6 is 7.60 Å². The van der Waals surface area contributed by atoms with Crippen molar-refractivity contribution in [1.82, 2.24) is 19.5 Å². The number of nitrogen functional groups attached to an aromatic ring is 1. The molecule has 0 aliphatic heterocycles. The van der Waals surface area contributed by atoms with Crippen molar-refractivity contribution < 1.29 is 28.9 Å². The lowest BCUT2D eigenvalue weighted by Crippen LogP contribution is -2.26. The molecular formula is C12H18N5O7P.